The summed E-state index contributed by atoms with van der Waals surface area (Å²) in [5, 5.41) is 0. The van der Waals surface area contributed by atoms with Gasteiger partial charge in [0.25, 0.3) is 0 Å². The molecule has 0 aromatic heterocycles. The van der Waals surface area contributed by atoms with E-state index in [0.29, 0.717) is 0 Å². The largest absolute Gasteiger partial charge is 0.361 e. The molecule has 9 heavy (non-hydrogen) atoms. The first kappa shape index (κ1) is 6.55. The van der Waals surface area contributed by atoms with Crippen LogP contribution in [0, 0.1) is 0 Å². The summed E-state index contributed by atoms with van der Waals surface area (Å²) in [4.78, 5) is 12.3. The molecule has 0 N–H and O–H groups in total. The van der Waals surface area contributed by atoms with Crippen molar-refractivity contribution >= 4 is 5.91 Å². The number of ether oxygens (including phenoxy) is 1. The Morgan fingerprint density at radius 2 is 2.44 bits per heavy atom. The number of methoxy groups -OCH3 is 1. The normalized spacial score (nSPS) is 25.6. The van der Waals surface area contributed by atoms with Crippen LogP contribution >= 0.6 is 0 Å². The first-order chi connectivity index (χ1) is 4.25. The zero-order valence-corrected chi connectivity index (χ0v) is 5.76. The summed E-state index contributed by atoms with van der Waals surface area (Å²) in [5.41, 5.74) is 0. The highest BCUT2D eigenvalue weighted by molar-refractivity contribution is 5.74. The summed E-state index contributed by atoms with van der Waals surface area (Å²) in [6.07, 6.45) is 1.04. The molecule has 1 fully saturated rings. The smallest absolute Gasteiger partial charge is 0.221 e. The molecule has 1 heterocycles. The van der Waals surface area contributed by atoms with Crippen LogP contribution in [0.2, 0.25) is 0 Å². The van der Waals surface area contributed by atoms with Gasteiger partial charge >= 0.3 is 0 Å². The fourth-order valence-electron chi connectivity index (χ4n) is 0.969. The summed E-state index contributed by atoms with van der Waals surface area (Å²) in [6.45, 7) is 2.42. The van der Waals surface area contributed by atoms with E-state index in [0.717, 1.165) is 13.0 Å². The highest BCUT2D eigenvalue weighted by Crippen LogP contribution is 2.16. The Balaban J connectivity index is 2.35. The van der Waals surface area contributed by atoms with Gasteiger partial charge in [-0.1, -0.05) is 0 Å². The highest BCUT2D eigenvalue weighted by atomic mass is 16.5. The number of carbonyl (C=O) groups excluding carboxylic acids is 1. The van der Waals surface area contributed by atoms with Gasteiger partial charge in [-0.25, -0.2) is 0 Å². The summed E-state index contributed by atoms with van der Waals surface area (Å²) in [7, 11) is 1.62. The van der Waals surface area contributed by atoms with Gasteiger partial charge in [-0.2, -0.15) is 0 Å². The Labute approximate surface area is 54.6 Å². The lowest BCUT2D eigenvalue weighted by Crippen LogP contribution is -2.51. The van der Waals surface area contributed by atoms with E-state index in [1.165, 1.54) is 0 Å². The summed E-state index contributed by atoms with van der Waals surface area (Å²) in [5.74, 6) is 0.105. The number of hydrogen-bond acceptors (Lipinski definition) is 2. The van der Waals surface area contributed by atoms with Crippen molar-refractivity contribution in [3.05, 3.63) is 0 Å². The molecule has 0 aromatic rings. The number of rotatable bonds is 1. The van der Waals surface area contributed by atoms with Crippen molar-refractivity contribution in [2.75, 3.05) is 13.7 Å². The Bertz CT molecular complexity index is 122. The second-order valence-corrected chi connectivity index (χ2v) is 2.19. The Kier molecular flexibility index (Phi) is 1.71. The zero-order valence-electron chi connectivity index (χ0n) is 5.76. The molecule has 0 saturated carbocycles. The number of nitrogens with zero attached hydrogens (tertiary/aromatic N) is 1. The van der Waals surface area contributed by atoms with Gasteiger partial charge < -0.3 is 9.64 Å². The molecule has 0 spiro atoms. The molecule has 1 aliphatic heterocycles. The molecule has 1 rings (SSSR count). The maximum Gasteiger partial charge on any atom is 0.221 e. The zero-order chi connectivity index (χ0) is 6.85. The number of likely N-dealkylation sites (tertiary alicyclic amines) is 1. The minimum absolute atomic E-state index is 0.0579. The fraction of sp³-hybridized carbons (Fsp3) is 0.833. The van der Waals surface area contributed by atoms with E-state index in [1.54, 1.807) is 18.9 Å². The second kappa shape index (κ2) is 2.35. The Morgan fingerprint density at radius 1 is 1.78 bits per heavy atom. The molecule has 1 atom stereocenters. The molecule has 1 saturated heterocycles. The lowest BCUT2D eigenvalue weighted by molar-refractivity contribution is -0.156. The van der Waals surface area contributed by atoms with Crippen LogP contribution < -0.4 is 0 Å². The van der Waals surface area contributed by atoms with Gasteiger partial charge in [0, 0.05) is 27.0 Å². The van der Waals surface area contributed by atoms with Crippen molar-refractivity contribution < 1.29 is 9.53 Å². The molecule has 1 unspecified atom stereocenters. The van der Waals surface area contributed by atoms with Crippen LogP contribution in [-0.4, -0.2) is 30.7 Å². The van der Waals surface area contributed by atoms with Crippen LogP contribution in [0.3, 0.4) is 0 Å². The molecule has 3 heteroatoms. The van der Waals surface area contributed by atoms with Crippen molar-refractivity contribution in [1.82, 2.24) is 4.90 Å². The van der Waals surface area contributed by atoms with E-state index >= 15 is 0 Å². The lowest BCUT2D eigenvalue weighted by atomic mass is 10.2. The van der Waals surface area contributed by atoms with Gasteiger partial charge in [-0.3, -0.25) is 4.79 Å². The summed E-state index contributed by atoms with van der Waals surface area (Å²) in [6, 6.07) is 0. The van der Waals surface area contributed by atoms with E-state index in [2.05, 4.69) is 0 Å². The monoisotopic (exact) mass is 129 g/mol. The first-order valence-corrected chi connectivity index (χ1v) is 3.05. The minimum Gasteiger partial charge on any atom is -0.361 e. The maximum absolute atomic E-state index is 10.6. The molecule has 1 amide bonds. The molecule has 0 aromatic carbocycles. The molecular formula is C6H11NO2. The molecule has 52 valence electrons. The van der Waals surface area contributed by atoms with Crippen molar-refractivity contribution in [2.24, 2.45) is 0 Å². The van der Waals surface area contributed by atoms with Gasteiger partial charge in [-0.15, -0.1) is 0 Å². The molecule has 0 radical (unpaired) electrons. The average molecular weight is 129 g/mol. The molecule has 0 bridgehead atoms. The van der Waals surface area contributed by atoms with Gasteiger partial charge in [0.15, 0.2) is 0 Å². The Hall–Kier alpha value is -0.570. The fourth-order valence-corrected chi connectivity index (χ4v) is 0.969. The van der Waals surface area contributed by atoms with E-state index in [4.69, 9.17) is 4.74 Å². The summed E-state index contributed by atoms with van der Waals surface area (Å²) >= 11 is 0. The van der Waals surface area contributed by atoms with Crippen LogP contribution in [0.5, 0.6) is 0 Å². The van der Waals surface area contributed by atoms with Crippen LogP contribution in [0.15, 0.2) is 0 Å². The van der Waals surface area contributed by atoms with E-state index < -0.39 is 0 Å². The van der Waals surface area contributed by atoms with Crippen molar-refractivity contribution in [1.29, 1.82) is 0 Å². The second-order valence-electron chi connectivity index (χ2n) is 2.19. The van der Waals surface area contributed by atoms with E-state index in [-0.39, 0.29) is 12.1 Å². The third-order valence-electron chi connectivity index (χ3n) is 1.64. The topological polar surface area (TPSA) is 29.5 Å². The third-order valence-corrected chi connectivity index (χ3v) is 1.64. The number of amides is 1. The van der Waals surface area contributed by atoms with Gasteiger partial charge in [-0.05, 0) is 0 Å². The van der Waals surface area contributed by atoms with Crippen LogP contribution in [0.4, 0.5) is 0 Å². The molecule has 0 aliphatic carbocycles. The quantitative estimate of drug-likeness (QED) is 0.506. The van der Waals surface area contributed by atoms with Crippen LogP contribution in [0.1, 0.15) is 13.3 Å². The Morgan fingerprint density at radius 3 is 2.56 bits per heavy atom. The van der Waals surface area contributed by atoms with Crippen molar-refractivity contribution in [2.45, 2.75) is 19.6 Å². The number of hydrogen-bond donors (Lipinski definition) is 0. The van der Waals surface area contributed by atoms with Crippen LogP contribution in [0.25, 0.3) is 0 Å². The predicted molar refractivity (Wildman–Crippen MR) is 32.8 cm³/mol. The minimum atomic E-state index is 0.0579. The van der Waals surface area contributed by atoms with E-state index in [1.807, 2.05) is 0 Å². The standard InChI is InChI=1S/C6H11NO2/c1-5(8)7-4-3-6(7)9-2/h6H,3-4H2,1-2H3. The van der Waals surface area contributed by atoms with Crippen LogP contribution in [-0.2, 0) is 9.53 Å². The SMILES string of the molecule is COC1CCN1C(C)=O. The molecular weight excluding hydrogens is 118 g/mol. The molecule has 1 aliphatic rings. The highest BCUT2D eigenvalue weighted by Gasteiger charge is 2.29. The predicted octanol–water partition coefficient (Wildman–Crippen LogP) is 0.211. The van der Waals surface area contributed by atoms with Gasteiger partial charge in [0.1, 0.15) is 6.23 Å². The maximum atomic E-state index is 10.6. The van der Waals surface area contributed by atoms with Gasteiger partial charge in [0.05, 0.1) is 0 Å². The third kappa shape index (κ3) is 1.05. The van der Waals surface area contributed by atoms with E-state index in [9.17, 15) is 4.79 Å². The lowest BCUT2D eigenvalue weighted by Gasteiger charge is -2.38. The van der Waals surface area contributed by atoms with Crippen molar-refractivity contribution in [3.63, 3.8) is 0 Å². The average Bonchev–Trinajstić information content (AvgIpc) is 1.61. The summed E-state index contributed by atoms with van der Waals surface area (Å²) < 4.78 is 4.97. The number of carbonyl (C=O) groups is 1. The van der Waals surface area contributed by atoms with Crippen molar-refractivity contribution in [3.8, 4) is 0 Å². The molecule has 3 nitrogen and oxygen atoms in total. The van der Waals surface area contributed by atoms with Gasteiger partial charge in [0.2, 0.25) is 5.91 Å². The first-order valence-electron chi connectivity index (χ1n) is 3.05.